The minimum Gasteiger partial charge on any atom is -0.383 e. The molecule has 2 heterocycles. The van der Waals surface area contributed by atoms with Crippen LogP contribution >= 0.6 is 11.3 Å². The lowest BCUT2D eigenvalue weighted by atomic mass is 10.2. The van der Waals surface area contributed by atoms with Gasteiger partial charge in [0.05, 0.1) is 11.1 Å². The largest absolute Gasteiger partial charge is 0.383 e. The van der Waals surface area contributed by atoms with Crippen molar-refractivity contribution in [3.05, 3.63) is 47.0 Å². The van der Waals surface area contributed by atoms with E-state index in [-0.39, 0.29) is 0 Å². The Balaban J connectivity index is 2.08. The molecule has 2 N–H and O–H groups in total. The van der Waals surface area contributed by atoms with E-state index >= 15 is 0 Å². The number of benzene rings is 1. The van der Waals surface area contributed by atoms with Crippen LogP contribution in [0.1, 0.15) is 11.8 Å². The minimum atomic E-state index is 0.486. The summed E-state index contributed by atoms with van der Waals surface area (Å²) in [6.45, 7) is 1.87. The van der Waals surface area contributed by atoms with E-state index in [9.17, 15) is 0 Å². The van der Waals surface area contributed by atoms with Gasteiger partial charge in [-0.05, 0) is 19.1 Å². The number of nitrogens with two attached hydrogens (primary N) is 1. The molecule has 0 aliphatic rings. The Labute approximate surface area is 144 Å². The van der Waals surface area contributed by atoms with Crippen LogP contribution in [-0.2, 0) is 0 Å². The zero-order valence-corrected chi connectivity index (χ0v) is 14.3. The lowest BCUT2D eigenvalue weighted by Crippen LogP contribution is -1.95. The number of hydrogen-bond donors (Lipinski definition) is 1. The first-order valence-electron chi connectivity index (χ1n) is 7.46. The second-order valence-corrected chi connectivity index (χ2v) is 6.07. The summed E-state index contributed by atoms with van der Waals surface area (Å²) in [5.74, 6) is 1.12. The number of fused-ring (bicyclic) bond motifs is 1. The van der Waals surface area contributed by atoms with Crippen molar-refractivity contribution in [2.45, 2.75) is 6.92 Å². The summed E-state index contributed by atoms with van der Waals surface area (Å²) in [5.41, 5.74) is 7.86. The first kappa shape index (κ1) is 16.0. The fourth-order valence-electron chi connectivity index (χ4n) is 2.28. The third-order valence-corrected chi connectivity index (χ3v) is 4.28. The maximum atomic E-state index is 6.13. The Bertz CT molecular complexity index is 925. The Kier molecular flexibility index (Phi) is 4.77. The molecule has 6 heteroatoms. The molecule has 0 aliphatic carbocycles. The van der Waals surface area contributed by atoms with E-state index in [1.54, 1.807) is 30.8 Å². The lowest BCUT2D eigenvalue weighted by Gasteiger charge is -2.01. The van der Waals surface area contributed by atoms with Crippen molar-refractivity contribution in [3.8, 4) is 11.4 Å². The van der Waals surface area contributed by atoms with Crippen molar-refractivity contribution in [2.24, 2.45) is 9.98 Å². The first-order chi connectivity index (χ1) is 11.7. The molecule has 1 aromatic carbocycles. The van der Waals surface area contributed by atoms with E-state index in [0.717, 1.165) is 26.4 Å². The van der Waals surface area contributed by atoms with Gasteiger partial charge in [0.25, 0.3) is 0 Å². The van der Waals surface area contributed by atoms with Crippen LogP contribution in [0.25, 0.3) is 27.7 Å². The monoisotopic (exact) mass is 335 g/mol. The fourth-order valence-corrected chi connectivity index (χ4v) is 3.27. The average Bonchev–Trinajstić information content (AvgIpc) is 2.99. The molecule has 0 bridgehead atoms. The molecule has 3 rings (SSSR count). The van der Waals surface area contributed by atoms with Crippen LogP contribution < -0.4 is 5.73 Å². The number of anilines is 1. The van der Waals surface area contributed by atoms with Crippen LogP contribution in [0.2, 0.25) is 0 Å². The van der Waals surface area contributed by atoms with Crippen LogP contribution in [0.15, 0.2) is 52.1 Å². The van der Waals surface area contributed by atoms with Gasteiger partial charge >= 0.3 is 0 Å². The second kappa shape index (κ2) is 7.14. The number of nitrogens with zero attached hydrogens (tertiary/aromatic N) is 4. The van der Waals surface area contributed by atoms with Crippen molar-refractivity contribution in [1.29, 1.82) is 0 Å². The van der Waals surface area contributed by atoms with Crippen molar-refractivity contribution >= 4 is 45.9 Å². The molecule has 24 heavy (non-hydrogen) atoms. The van der Waals surface area contributed by atoms with Gasteiger partial charge in [0, 0.05) is 29.9 Å². The van der Waals surface area contributed by atoms with E-state index in [0.29, 0.717) is 11.6 Å². The summed E-state index contributed by atoms with van der Waals surface area (Å²) in [6.07, 6.45) is 5.41. The summed E-state index contributed by atoms with van der Waals surface area (Å²) in [4.78, 5) is 19.3. The normalized spacial score (nSPS) is 12.7. The van der Waals surface area contributed by atoms with Gasteiger partial charge in [0.1, 0.15) is 10.6 Å². The van der Waals surface area contributed by atoms with E-state index in [2.05, 4.69) is 20.0 Å². The van der Waals surface area contributed by atoms with Crippen molar-refractivity contribution in [2.75, 3.05) is 12.8 Å². The highest BCUT2D eigenvalue weighted by Crippen LogP contribution is 2.31. The van der Waals surface area contributed by atoms with Gasteiger partial charge in [-0.2, -0.15) is 0 Å². The molecule has 0 saturated heterocycles. The van der Waals surface area contributed by atoms with E-state index in [4.69, 9.17) is 5.73 Å². The number of allylic oxidation sites excluding steroid dienone is 1. The third kappa shape index (κ3) is 3.38. The van der Waals surface area contributed by atoms with Gasteiger partial charge in [-0.25, -0.2) is 9.97 Å². The number of thiophene rings is 1. The van der Waals surface area contributed by atoms with Gasteiger partial charge in [0.15, 0.2) is 5.82 Å². The molecule has 0 saturated carbocycles. The molecule has 120 valence electrons. The Morgan fingerprint density at radius 1 is 1.21 bits per heavy atom. The first-order valence-corrected chi connectivity index (χ1v) is 8.28. The Hall–Kier alpha value is -2.86. The smallest absolute Gasteiger partial charge is 0.163 e. The zero-order valence-electron chi connectivity index (χ0n) is 13.5. The zero-order chi connectivity index (χ0) is 16.9. The number of rotatable bonds is 4. The van der Waals surface area contributed by atoms with Crippen LogP contribution in [0.3, 0.4) is 0 Å². The lowest BCUT2D eigenvalue weighted by molar-refractivity contribution is 1.24. The van der Waals surface area contributed by atoms with Gasteiger partial charge in [-0.1, -0.05) is 30.3 Å². The van der Waals surface area contributed by atoms with Crippen LogP contribution in [-0.4, -0.2) is 29.4 Å². The van der Waals surface area contributed by atoms with Crippen LogP contribution in [0.5, 0.6) is 0 Å². The van der Waals surface area contributed by atoms with Gasteiger partial charge in [-0.15, -0.1) is 11.3 Å². The van der Waals surface area contributed by atoms with E-state index in [1.165, 1.54) is 0 Å². The Morgan fingerprint density at radius 2 is 2.00 bits per heavy atom. The van der Waals surface area contributed by atoms with Gasteiger partial charge < -0.3 is 5.73 Å². The number of nitrogen functional groups attached to an aromatic ring is 1. The minimum absolute atomic E-state index is 0.486. The summed E-state index contributed by atoms with van der Waals surface area (Å²) in [5, 5.41) is 0.860. The molecule has 2 aromatic heterocycles. The standard InChI is InChI=1S/C18H17N5S/c1-3-21-13(11-20-2)9-14-10-15-16(19)22-17(23-18(15)24-14)12-7-5-4-6-8-12/h3-11H,1-2H3,(H2,19,22,23)/b13-9+,20-11?,21-3?. The molecular formula is C18H17N5S. The third-order valence-electron chi connectivity index (χ3n) is 3.30. The second-order valence-electron chi connectivity index (χ2n) is 5.01. The highest BCUT2D eigenvalue weighted by molar-refractivity contribution is 7.19. The maximum Gasteiger partial charge on any atom is 0.163 e. The predicted octanol–water partition coefficient (Wildman–Crippen LogP) is 4.07. The molecule has 0 aliphatic heterocycles. The highest BCUT2D eigenvalue weighted by atomic mass is 32.1. The molecule has 3 aromatic rings. The summed E-state index contributed by atoms with van der Waals surface area (Å²) in [7, 11) is 1.72. The van der Waals surface area contributed by atoms with E-state index < -0.39 is 0 Å². The maximum absolute atomic E-state index is 6.13. The number of hydrogen-bond acceptors (Lipinski definition) is 6. The average molecular weight is 335 g/mol. The Morgan fingerprint density at radius 3 is 2.71 bits per heavy atom. The highest BCUT2D eigenvalue weighted by Gasteiger charge is 2.10. The van der Waals surface area contributed by atoms with Crippen LogP contribution in [0.4, 0.5) is 5.82 Å². The molecule has 0 fully saturated rings. The predicted molar refractivity (Wildman–Crippen MR) is 104 cm³/mol. The SMILES string of the molecule is CC=N/C(C=NC)=C/c1cc2c(N)nc(-c3ccccc3)nc2s1. The molecule has 0 spiro atoms. The number of aromatic nitrogens is 2. The van der Waals surface area contributed by atoms with Crippen LogP contribution in [0, 0.1) is 0 Å². The van der Waals surface area contributed by atoms with Gasteiger partial charge in [0.2, 0.25) is 0 Å². The summed E-state index contributed by atoms with van der Waals surface area (Å²) >= 11 is 1.56. The van der Waals surface area contributed by atoms with Crippen molar-refractivity contribution < 1.29 is 0 Å². The fraction of sp³-hybridized carbons (Fsp3) is 0.111. The molecule has 0 radical (unpaired) electrons. The molecule has 5 nitrogen and oxygen atoms in total. The summed E-state index contributed by atoms with van der Waals surface area (Å²) in [6, 6.07) is 11.8. The molecule has 0 atom stereocenters. The summed E-state index contributed by atoms with van der Waals surface area (Å²) < 4.78 is 0. The quantitative estimate of drug-likeness (QED) is 0.730. The van der Waals surface area contributed by atoms with Crippen molar-refractivity contribution in [1.82, 2.24) is 9.97 Å². The topological polar surface area (TPSA) is 76.5 Å². The molecule has 0 amide bonds. The number of aliphatic imine (C=N–C) groups is 2. The van der Waals surface area contributed by atoms with Crippen molar-refractivity contribution in [3.63, 3.8) is 0 Å². The van der Waals surface area contributed by atoms with E-state index in [1.807, 2.05) is 49.4 Å². The molecular weight excluding hydrogens is 318 g/mol. The van der Waals surface area contributed by atoms with Gasteiger partial charge in [-0.3, -0.25) is 9.98 Å². The molecule has 0 unspecified atom stereocenters.